The number of H-pyrrole nitrogens is 1. The average molecular weight is 412 g/mol. The van der Waals surface area contributed by atoms with Gasteiger partial charge in [-0.25, -0.2) is 17.8 Å². The summed E-state index contributed by atoms with van der Waals surface area (Å²) in [6.07, 6.45) is 2.65. The van der Waals surface area contributed by atoms with Crippen LogP contribution in [0.3, 0.4) is 0 Å². The van der Waals surface area contributed by atoms with Crippen LogP contribution in [-0.4, -0.2) is 41.9 Å². The van der Waals surface area contributed by atoms with E-state index in [2.05, 4.69) is 20.2 Å². The van der Waals surface area contributed by atoms with E-state index < -0.39 is 9.84 Å². The van der Waals surface area contributed by atoms with Gasteiger partial charge in [-0.15, -0.1) is 0 Å². The number of rotatable bonds is 4. The first-order valence-corrected chi connectivity index (χ1v) is 10.4. The van der Waals surface area contributed by atoms with Crippen molar-refractivity contribution in [1.29, 1.82) is 0 Å². The van der Waals surface area contributed by atoms with Gasteiger partial charge < -0.3 is 10.6 Å². The summed E-state index contributed by atoms with van der Waals surface area (Å²) in [5, 5.41) is 7.61. The minimum absolute atomic E-state index is 0.166. The number of nitrogen functional groups attached to an aromatic ring is 1. The van der Waals surface area contributed by atoms with E-state index >= 15 is 0 Å². The number of aromatic nitrogens is 4. The number of anilines is 3. The first-order valence-electron chi connectivity index (χ1n) is 8.54. The van der Waals surface area contributed by atoms with Crippen LogP contribution in [0.15, 0.2) is 53.6 Å². The summed E-state index contributed by atoms with van der Waals surface area (Å²) in [6.45, 7) is 0. The zero-order valence-electron chi connectivity index (χ0n) is 15.6. The lowest BCUT2D eigenvalue weighted by Gasteiger charge is -2.18. The Kier molecular flexibility index (Phi) is 4.42. The zero-order chi connectivity index (χ0) is 20.8. The number of fused-ring (bicyclic) bond motifs is 1. The highest BCUT2D eigenvalue weighted by atomic mass is 32.2. The Morgan fingerprint density at radius 3 is 2.69 bits per heavy atom. The first kappa shape index (κ1) is 18.8. The van der Waals surface area contributed by atoms with Crippen molar-refractivity contribution >= 4 is 38.2 Å². The summed E-state index contributed by atoms with van der Waals surface area (Å²) in [5.41, 5.74) is 8.30. The van der Waals surface area contributed by atoms with Crippen LogP contribution in [0.5, 0.6) is 0 Å². The van der Waals surface area contributed by atoms with E-state index in [4.69, 9.17) is 5.73 Å². The molecule has 4 rings (SSSR count). The van der Waals surface area contributed by atoms with E-state index in [-0.39, 0.29) is 22.5 Å². The van der Waals surface area contributed by atoms with Gasteiger partial charge in [0.2, 0.25) is 5.95 Å². The van der Waals surface area contributed by atoms with Gasteiger partial charge in [-0.2, -0.15) is 10.1 Å². The Bertz CT molecular complexity index is 1340. The van der Waals surface area contributed by atoms with E-state index in [0.717, 1.165) is 6.26 Å². The standard InChI is InChI=1S/C19H17FN6O2S/c1-26(12-4-3-5-13(9-12)29(2,27)28)19-22-10-15(18(21)23-19)17-14-8-11(20)6-7-16(14)24-25-17/h3-10H,1-2H3,(H,24,25)(H2,21,22,23). The number of nitrogens with two attached hydrogens (primary N) is 1. The normalized spacial score (nSPS) is 11.7. The second kappa shape index (κ2) is 6.82. The van der Waals surface area contributed by atoms with Crippen molar-refractivity contribution in [3.05, 3.63) is 54.5 Å². The number of halogens is 1. The molecule has 4 aromatic rings. The zero-order valence-corrected chi connectivity index (χ0v) is 16.4. The molecule has 2 heterocycles. The first-order chi connectivity index (χ1) is 13.7. The van der Waals surface area contributed by atoms with Crippen LogP contribution in [0.2, 0.25) is 0 Å². The molecule has 29 heavy (non-hydrogen) atoms. The highest BCUT2D eigenvalue weighted by molar-refractivity contribution is 7.90. The van der Waals surface area contributed by atoms with Crippen LogP contribution >= 0.6 is 0 Å². The monoisotopic (exact) mass is 412 g/mol. The van der Waals surface area contributed by atoms with E-state index in [9.17, 15) is 12.8 Å². The van der Waals surface area contributed by atoms with Gasteiger partial charge in [0.1, 0.15) is 17.3 Å². The molecule has 0 aliphatic carbocycles. The van der Waals surface area contributed by atoms with Crippen molar-refractivity contribution in [2.75, 3.05) is 23.9 Å². The topological polar surface area (TPSA) is 118 Å². The van der Waals surface area contributed by atoms with Crippen molar-refractivity contribution in [3.63, 3.8) is 0 Å². The number of sulfone groups is 1. The molecule has 0 bridgehead atoms. The highest BCUT2D eigenvalue weighted by Gasteiger charge is 2.17. The van der Waals surface area contributed by atoms with E-state index in [1.165, 1.54) is 30.5 Å². The Balaban J connectivity index is 1.73. The molecule has 8 nitrogen and oxygen atoms in total. The third-order valence-corrected chi connectivity index (χ3v) is 5.63. The Morgan fingerprint density at radius 1 is 1.17 bits per heavy atom. The minimum Gasteiger partial charge on any atom is -0.383 e. The molecule has 0 radical (unpaired) electrons. The van der Waals surface area contributed by atoms with Crippen LogP contribution in [0, 0.1) is 5.82 Å². The van der Waals surface area contributed by atoms with Crippen LogP contribution in [0.4, 0.5) is 21.8 Å². The number of hydrogen-bond acceptors (Lipinski definition) is 7. The van der Waals surface area contributed by atoms with Crippen LogP contribution in [-0.2, 0) is 9.84 Å². The predicted octanol–water partition coefficient (Wildman–Crippen LogP) is 2.91. The fraction of sp³-hybridized carbons (Fsp3) is 0.105. The molecular formula is C19H17FN6O2S. The van der Waals surface area contributed by atoms with Gasteiger partial charge in [0.25, 0.3) is 0 Å². The maximum absolute atomic E-state index is 13.6. The Morgan fingerprint density at radius 2 is 1.97 bits per heavy atom. The number of nitrogens with one attached hydrogen (secondary N) is 1. The molecule has 0 fully saturated rings. The number of benzene rings is 2. The van der Waals surface area contributed by atoms with Crippen LogP contribution < -0.4 is 10.6 Å². The Hall–Kier alpha value is -3.53. The molecule has 0 amide bonds. The molecule has 3 N–H and O–H groups in total. The minimum atomic E-state index is -3.34. The molecule has 0 aliphatic heterocycles. The van der Waals surface area contributed by atoms with Crippen LogP contribution in [0.1, 0.15) is 0 Å². The summed E-state index contributed by atoms with van der Waals surface area (Å²) in [5.74, 6) is 0.0588. The van der Waals surface area contributed by atoms with Crippen molar-refractivity contribution < 1.29 is 12.8 Å². The molecule has 0 spiro atoms. The van der Waals surface area contributed by atoms with Gasteiger partial charge >= 0.3 is 0 Å². The van der Waals surface area contributed by atoms with Gasteiger partial charge in [0.05, 0.1) is 16.0 Å². The molecule has 10 heteroatoms. The van der Waals surface area contributed by atoms with Crippen molar-refractivity contribution in [2.24, 2.45) is 0 Å². The van der Waals surface area contributed by atoms with Gasteiger partial charge in [0.15, 0.2) is 9.84 Å². The lowest BCUT2D eigenvalue weighted by molar-refractivity contribution is 0.602. The molecule has 0 atom stereocenters. The number of nitrogens with zero attached hydrogens (tertiary/aromatic N) is 4. The predicted molar refractivity (Wildman–Crippen MR) is 109 cm³/mol. The smallest absolute Gasteiger partial charge is 0.231 e. The summed E-state index contributed by atoms with van der Waals surface area (Å²) in [4.78, 5) is 10.5. The maximum Gasteiger partial charge on any atom is 0.231 e. The van der Waals surface area contributed by atoms with Gasteiger partial charge in [-0.3, -0.25) is 5.10 Å². The summed E-state index contributed by atoms with van der Waals surface area (Å²) >= 11 is 0. The van der Waals surface area contributed by atoms with E-state index in [0.29, 0.717) is 27.8 Å². The lowest BCUT2D eigenvalue weighted by Crippen LogP contribution is -2.14. The van der Waals surface area contributed by atoms with Crippen molar-refractivity contribution in [1.82, 2.24) is 20.2 Å². The maximum atomic E-state index is 13.6. The number of aromatic amines is 1. The second-order valence-electron chi connectivity index (χ2n) is 6.56. The third-order valence-electron chi connectivity index (χ3n) is 4.52. The molecule has 148 valence electrons. The molecule has 0 unspecified atom stereocenters. The molecule has 2 aromatic carbocycles. The van der Waals surface area contributed by atoms with Gasteiger partial charge in [0, 0.05) is 30.6 Å². The van der Waals surface area contributed by atoms with Gasteiger partial charge in [-0.1, -0.05) is 6.07 Å². The van der Waals surface area contributed by atoms with Crippen molar-refractivity contribution in [3.8, 4) is 11.3 Å². The SMILES string of the molecule is CN(c1cccc(S(C)(=O)=O)c1)c1ncc(-c2n[nH]c3ccc(F)cc23)c(N)n1. The molecular weight excluding hydrogens is 395 g/mol. The van der Waals surface area contributed by atoms with Crippen LogP contribution in [0.25, 0.3) is 22.2 Å². The Labute approximate surface area is 166 Å². The molecule has 0 saturated heterocycles. The summed E-state index contributed by atoms with van der Waals surface area (Å²) in [7, 11) is -1.64. The molecule has 0 saturated carbocycles. The van der Waals surface area contributed by atoms with E-state index in [1.807, 2.05) is 0 Å². The third kappa shape index (κ3) is 3.49. The average Bonchev–Trinajstić information content (AvgIpc) is 3.09. The highest BCUT2D eigenvalue weighted by Crippen LogP contribution is 2.31. The second-order valence-corrected chi connectivity index (χ2v) is 8.58. The molecule has 2 aromatic heterocycles. The van der Waals surface area contributed by atoms with E-state index in [1.54, 1.807) is 30.1 Å². The molecule has 0 aliphatic rings. The van der Waals surface area contributed by atoms with Crippen molar-refractivity contribution in [2.45, 2.75) is 4.90 Å². The van der Waals surface area contributed by atoms with Gasteiger partial charge in [-0.05, 0) is 36.4 Å². The fourth-order valence-corrected chi connectivity index (χ4v) is 3.62. The number of hydrogen-bond donors (Lipinski definition) is 2. The summed E-state index contributed by atoms with van der Waals surface area (Å²) < 4.78 is 37.2. The summed E-state index contributed by atoms with van der Waals surface area (Å²) in [6, 6.07) is 10.7. The lowest BCUT2D eigenvalue weighted by atomic mass is 10.1. The quantitative estimate of drug-likeness (QED) is 0.529. The fourth-order valence-electron chi connectivity index (χ4n) is 2.96. The largest absolute Gasteiger partial charge is 0.383 e.